The minimum atomic E-state index is -0.231. The van der Waals surface area contributed by atoms with Gasteiger partial charge in [0.25, 0.3) is 0 Å². The molecule has 0 spiro atoms. The zero-order valence-electron chi connectivity index (χ0n) is 40.2. The fourth-order valence-corrected chi connectivity index (χ4v) is 11.9. The quantitative estimate of drug-likeness (QED) is 0.143. The van der Waals surface area contributed by atoms with Crippen LogP contribution >= 0.6 is 0 Å². The van der Waals surface area contributed by atoms with Gasteiger partial charge in [0, 0.05) is 34.4 Å². The van der Waals surface area contributed by atoms with E-state index in [0.29, 0.717) is 0 Å². The number of aromatic nitrogens is 1. The first-order valence-corrected chi connectivity index (χ1v) is 24.8. The molecular weight excluding hydrogens is 855 g/mol. The monoisotopic (exact) mass is 905 g/mol. The van der Waals surface area contributed by atoms with Crippen LogP contribution in [0.2, 0.25) is 0 Å². The van der Waals surface area contributed by atoms with Crippen molar-refractivity contribution in [3.05, 3.63) is 266 Å². The average molecular weight is 906 g/mol. The highest BCUT2D eigenvalue weighted by atomic mass is 14.9. The third kappa shape index (κ3) is 7.07. The maximum atomic E-state index is 2.52. The Morgan fingerprint density at radius 1 is 0.268 bits per heavy atom. The summed E-state index contributed by atoms with van der Waals surface area (Å²) in [6.45, 7) is 4.85. The fraction of sp³-hybridized carbons (Fsp3) is 0.0571. The first kappa shape index (κ1) is 42.3. The van der Waals surface area contributed by atoms with Crippen molar-refractivity contribution in [1.82, 2.24) is 4.57 Å². The fourth-order valence-electron chi connectivity index (χ4n) is 11.9. The maximum Gasteiger partial charge on any atom is 0.0572 e. The van der Waals surface area contributed by atoms with Crippen LogP contribution in [-0.2, 0) is 12.5 Å². The molecule has 0 unspecified atom stereocenters. The van der Waals surface area contributed by atoms with E-state index in [9.17, 15) is 0 Å². The molecule has 0 radical (unpaired) electrons. The molecule has 1 heteroatoms. The standard InChI is InChI=1S/C70H51N/c1-70(2)65-38-21-20-35-60(65)63-45-64(59-34-19-17-32-57(59)55-43-52(48-27-12-6-13-28-48)40-53(44-55)49-29-14-7-15-30-49)69-66(67(63)70)62-37-22-36-61(68(62)71(69)3)58-33-18-16-31-56(58)54-41-50(46-23-8-4-9-24-46)39-51(42-54)47-25-10-5-11-26-47/h4-45H,1-3H3. The average Bonchev–Trinajstić information content (AvgIpc) is 3.87. The lowest BCUT2D eigenvalue weighted by Gasteiger charge is -2.24. The Hall–Kier alpha value is -8.78. The summed E-state index contributed by atoms with van der Waals surface area (Å²) in [6, 6.07) is 94.1. The lowest BCUT2D eigenvalue weighted by Crippen LogP contribution is -2.15. The molecule has 1 nitrogen and oxygen atoms in total. The second kappa shape index (κ2) is 17.0. The number of hydrogen-bond donors (Lipinski definition) is 0. The van der Waals surface area contributed by atoms with E-state index in [-0.39, 0.29) is 5.41 Å². The van der Waals surface area contributed by atoms with Crippen LogP contribution in [0.4, 0.5) is 0 Å². The summed E-state index contributed by atoms with van der Waals surface area (Å²) in [5, 5.41) is 2.59. The van der Waals surface area contributed by atoms with Gasteiger partial charge in [-0.25, -0.2) is 0 Å². The maximum absolute atomic E-state index is 2.52. The van der Waals surface area contributed by atoms with Gasteiger partial charge >= 0.3 is 0 Å². The van der Waals surface area contributed by atoms with Crippen LogP contribution < -0.4 is 0 Å². The molecule has 71 heavy (non-hydrogen) atoms. The van der Waals surface area contributed by atoms with Gasteiger partial charge in [-0.15, -0.1) is 0 Å². The molecule has 0 fully saturated rings. The van der Waals surface area contributed by atoms with E-state index in [0.717, 1.165) is 0 Å². The van der Waals surface area contributed by atoms with E-state index < -0.39 is 0 Å². The van der Waals surface area contributed by atoms with Crippen LogP contribution in [0.15, 0.2) is 255 Å². The van der Waals surface area contributed by atoms with E-state index in [1.165, 1.54) is 133 Å². The molecule has 1 aliphatic rings. The number of aryl methyl sites for hydroxylation is 1. The van der Waals surface area contributed by atoms with Gasteiger partial charge in [-0.2, -0.15) is 0 Å². The molecular formula is C70H51N. The third-order valence-electron chi connectivity index (χ3n) is 15.1. The Labute approximate surface area is 416 Å². The van der Waals surface area contributed by atoms with Crippen LogP contribution in [0.1, 0.15) is 25.0 Å². The lowest BCUT2D eigenvalue weighted by molar-refractivity contribution is 0.666. The highest BCUT2D eigenvalue weighted by molar-refractivity contribution is 6.21. The summed E-state index contributed by atoms with van der Waals surface area (Å²) in [6.07, 6.45) is 0. The van der Waals surface area contributed by atoms with Crippen molar-refractivity contribution in [3.63, 3.8) is 0 Å². The van der Waals surface area contributed by atoms with E-state index >= 15 is 0 Å². The molecule has 0 atom stereocenters. The molecule has 11 aromatic carbocycles. The van der Waals surface area contributed by atoms with Crippen LogP contribution in [0.25, 0.3) is 122 Å². The van der Waals surface area contributed by atoms with Gasteiger partial charge < -0.3 is 4.57 Å². The Balaban J connectivity index is 1.08. The van der Waals surface area contributed by atoms with E-state index in [1.807, 2.05) is 0 Å². The topological polar surface area (TPSA) is 4.93 Å². The lowest BCUT2D eigenvalue weighted by atomic mass is 9.79. The highest BCUT2D eigenvalue weighted by Gasteiger charge is 2.39. The molecule has 0 bridgehead atoms. The summed E-state index contributed by atoms with van der Waals surface area (Å²) < 4.78 is 2.52. The molecule has 13 rings (SSSR count). The number of fused-ring (bicyclic) bond motifs is 7. The summed E-state index contributed by atoms with van der Waals surface area (Å²) in [5.74, 6) is 0. The van der Waals surface area contributed by atoms with Gasteiger partial charge in [0.05, 0.1) is 11.0 Å². The summed E-state index contributed by atoms with van der Waals surface area (Å²) >= 11 is 0. The predicted octanol–water partition coefficient (Wildman–Crippen LogP) is 19.0. The SMILES string of the molecule is Cn1c2c(-c3ccccc3-c3cc(-c4ccccc4)cc(-c4ccccc4)c3)cccc2c2c3c(cc(-c4ccccc4-c4cc(-c5ccccc5)cc(-c5ccccc5)c4)c21)-c1ccccc1C3(C)C. The minimum absolute atomic E-state index is 0.231. The van der Waals surface area contributed by atoms with Gasteiger partial charge in [-0.1, -0.05) is 226 Å². The zero-order chi connectivity index (χ0) is 47.6. The van der Waals surface area contributed by atoms with Crippen molar-refractivity contribution < 1.29 is 0 Å². The molecule has 336 valence electrons. The molecule has 0 N–H and O–H groups in total. The van der Waals surface area contributed by atoms with Crippen molar-refractivity contribution in [2.24, 2.45) is 7.05 Å². The molecule has 0 saturated carbocycles. The molecule has 0 aliphatic heterocycles. The Morgan fingerprint density at radius 3 is 1.10 bits per heavy atom. The van der Waals surface area contributed by atoms with Gasteiger partial charge in [-0.05, 0) is 143 Å². The summed E-state index contributed by atoms with van der Waals surface area (Å²) in [4.78, 5) is 0. The van der Waals surface area contributed by atoms with Crippen LogP contribution in [0.5, 0.6) is 0 Å². The number of nitrogens with zero attached hydrogens (tertiary/aromatic N) is 1. The summed E-state index contributed by atoms with van der Waals surface area (Å²) in [7, 11) is 2.30. The van der Waals surface area contributed by atoms with Crippen molar-refractivity contribution in [1.29, 1.82) is 0 Å². The largest absolute Gasteiger partial charge is 0.343 e. The van der Waals surface area contributed by atoms with Crippen molar-refractivity contribution in [2.75, 3.05) is 0 Å². The van der Waals surface area contributed by atoms with Gasteiger partial charge in [0.15, 0.2) is 0 Å². The second-order valence-electron chi connectivity index (χ2n) is 19.7. The Morgan fingerprint density at radius 2 is 0.634 bits per heavy atom. The number of hydrogen-bond acceptors (Lipinski definition) is 0. The normalized spacial score (nSPS) is 12.5. The van der Waals surface area contributed by atoms with Crippen LogP contribution in [0, 0.1) is 0 Å². The highest BCUT2D eigenvalue weighted by Crippen LogP contribution is 2.56. The number of para-hydroxylation sites is 1. The zero-order valence-corrected chi connectivity index (χ0v) is 40.2. The first-order chi connectivity index (χ1) is 34.9. The molecule has 12 aromatic rings. The molecule has 0 amide bonds. The summed E-state index contributed by atoms with van der Waals surface area (Å²) in [5.41, 5.74) is 26.9. The minimum Gasteiger partial charge on any atom is -0.343 e. The Kier molecular flexibility index (Phi) is 10.1. The van der Waals surface area contributed by atoms with Crippen molar-refractivity contribution in [3.8, 4) is 100 Å². The van der Waals surface area contributed by atoms with E-state index in [2.05, 4.69) is 280 Å². The number of rotatable bonds is 8. The number of benzene rings is 11. The van der Waals surface area contributed by atoms with Gasteiger partial charge in [-0.3, -0.25) is 0 Å². The van der Waals surface area contributed by atoms with Gasteiger partial charge in [0.2, 0.25) is 0 Å². The van der Waals surface area contributed by atoms with Gasteiger partial charge in [0.1, 0.15) is 0 Å². The second-order valence-corrected chi connectivity index (χ2v) is 19.7. The van der Waals surface area contributed by atoms with Crippen LogP contribution in [0.3, 0.4) is 0 Å². The molecule has 1 aliphatic carbocycles. The van der Waals surface area contributed by atoms with E-state index in [4.69, 9.17) is 0 Å². The first-order valence-electron chi connectivity index (χ1n) is 24.8. The van der Waals surface area contributed by atoms with Crippen LogP contribution in [-0.4, -0.2) is 4.57 Å². The molecule has 0 saturated heterocycles. The molecule has 1 heterocycles. The van der Waals surface area contributed by atoms with E-state index in [1.54, 1.807) is 0 Å². The molecule has 1 aromatic heterocycles. The Bertz CT molecular complexity index is 3870. The predicted molar refractivity (Wildman–Crippen MR) is 301 cm³/mol. The third-order valence-corrected chi connectivity index (χ3v) is 15.1. The van der Waals surface area contributed by atoms with Crippen molar-refractivity contribution in [2.45, 2.75) is 19.3 Å². The van der Waals surface area contributed by atoms with Crippen molar-refractivity contribution >= 4 is 21.8 Å². The smallest absolute Gasteiger partial charge is 0.0572 e.